The summed E-state index contributed by atoms with van der Waals surface area (Å²) in [4.78, 5) is 11.8. The van der Waals surface area contributed by atoms with Crippen molar-refractivity contribution in [2.24, 2.45) is 17.8 Å². The summed E-state index contributed by atoms with van der Waals surface area (Å²) in [5, 5.41) is 2.35. The van der Waals surface area contributed by atoms with Crippen LogP contribution >= 0.6 is 0 Å². The van der Waals surface area contributed by atoms with E-state index in [1.165, 1.54) is 75.8 Å². The molecule has 4 rings (SSSR count). The third-order valence-electron chi connectivity index (χ3n) is 7.44. The molecular formula is C26H34O2. The van der Waals surface area contributed by atoms with Gasteiger partial charge in [-0.15, -0.1) is 0 Å². The number of methoxy groups -OCH3 is 1. The maximum Gasteiger partial charge on any atom is 0.337 e. The minimum atomic E-state index is -0.265. The van der Waals surface area contributed by atoms with Crippen molar-refractivity contribution in [2.75, 3.05) is 7.11 Å². The summed E-state index contributed by atoms with van der Waals surface area (Å²) in [6, 6.07) is 12.7. The molecular weight excluding hydrogens is 344 g/mol. The second kappa shape index (κ2) is 8.68. The van der Waals surface area contributed by atoms with Gasteiger partial charge in [0.25, 0.3) is 0 Å². The molecule has 2 fully saturated rings. The molecule has 2 aromatic carbocycles. The number of carbonyl (C=O) groups is 1. The number of rotatable bonds is 5. The summed E-state index contributed by atoms with van der Waals surface area (Å²) in [5.41, 5.74) is 2.12. The third-order valence-corrected chi connectivity index (χ3v) is 7.44. The Labute approximate surface area is 169 Å². The Morgan fingerprint density at radius 1 is 0.964 bits per heavy atom. The van der Waals surface area contributed by atoms with Gasteiger partial charge in [-0.2, -0.15) is 0 Å². The molecule has 0 heterocycles. The van der Waals surface area contributed by atoms with Crippen LogP contribution in [0, 0.1) is 17.8 Å². The van der Waals surface area contributed by atoms with Crippen molar-refractivity contribution < 1.29 is 9.53 Å². The minimum absolute atomic E-state index is 0.265. The summed E-state index contributed by atoms with van der Waals surface area (Å²) in [6.07, 6.45) is 12.7. The van der Waals surface area contributed by atoms with Gasteiger partial charge in [-0.25, -0.2) is 4.79 Å². The number of esters is 1. The first-order chi connectivity index (χ1) is 13.7. The Bertz CT molecular complexity index is 824. The Hall–Kier alpha value is -1.83. The Balaban J connectivity index is 1.44. The lowest BCUT2D eigenvalue weighted by molar-refractivity contribution is 0.0601. The monoisotopic (exact) mass is 378 g/mol. The van der Waals surface area contributed by atoms with Gasteiger partial charge in [0, 0.05) is 0 Å². The predicted octanol–water partition coefficient (Wildman–Crippen LogP) is 7.12. The molecule has 2 aliphatic rings. The van der Waals surface area contributed by atoms with Crippen LogP contribution in [0.5, 0.6) is 0 Å². The van der Waals surface area contributed by atoms with E-state index in [9.17, 15) is 4.79 Å². The van der Waals surface area contributed by atoms with Crippen molar-refractivity contribution in [1.82, 2.24) is 0 Å². The Morgan fingerprint density at radius 3 is 2.54 bits per heavy atom. The van der Waals surface area contributed by atoms with Crippen molar-refractivity contribution in [3.05, 3.63) is 47.5 Å². The molecule has 2 aromatic rings. The van der Waals surface area contributed by atoms with E-state index >= 15 is 0 Å². The second-order valence-electron chi connectivity index (χ2n) is 9.16. The smallest absolute Gasteiger partial charge is 0.337 e. The maximum absolute atomic E-state index is 11.8. The third kappa shape index (κ3) is 4.11. The summed E-state index contributed by atoms with van der Waals surface area (Å²) < 4.78 is 4.84. The standard InChI is InChI=1S/C26H34O2/c1-3-4-5-18-6-7-20-15-21(9-8-19(20)14-18)22-10-11-24-17-25(26(27)28-2)13-12-23(24)16-22/h10-13,16-21H,3-9,14-15H2,1-2H3/t18?,19-,20+,21?/m0/s1. The first-order valence-corrected chi connectivity index (χ1v) is 11.3. The highest BCUT2D eigenvalue weighted by Gasteiger charge is 2.35. The number of fused-ring (bicyclic) bond motifs is 2. The van der Waals surface area contributed by atoms with Gasteiger partial charge in [-0.05, 0) is 84.2 Å². The van der Waals surface area contributed by atoms with Crippen molar-refractivity contribution in [3.63, 3.8) is 0 Å². The number of carbonyl (C=O) groups excluding carboxylic acids is 1. The number of unbranched alkanes of at least 4 members (excludes halogenated alkanes) is 1. The molecule has 0 aliphatic heterocycles. The van der Waals surface area contributed by atoms with Gasteiger partial charge in [0.15, 0.2) is 0 Å². The van der Waals surface area contributed by atoms with Crippen LogP contribution in [0.3, 0.4) is 0 Å². The molecule has 2 saturated carbocycles. The highest BCUT2D eigenvalue weighted by atomic mass is 16.5. The fourth-order valence-electron chi connectivity index (χ4n) is 5.81. The maximum atomic E-state index is 11.8. The molecule has 28 heavy (non-hydrogen) atoms. The largest absolute Gasteiger partial charge is 0.465 e. The van der Waals surface area contributed by atoms with Crippen LogP contribution in [-0.2, 0) is 4.74 Å². The molecule has 0 aromatic heterocycles. The molecule has 2 unspecified atom stereocenters. The lowest BCUT2D eigenvalue weighted by atomic mass is 9.63. The summed E-state index contributed by atoms with van der Waals surface area (Å²) in [7, 11) is 1.43. The van der Waals surface area contributed by atoms with Crippen LogP contribution in [0.25, 0.3) is 10.8 Å². The van der Waals surface area contributed by atoms with Gasteiger partial charge in [-0.1, -0.05) is 56.9 Å². The summed E-state index contributed by atoms with van der Waals surface area (Å²) in [5.74, 6) is 3.36. The molecule has 150 valence electrons. The van der Waals surface area contributed by atoms with Gasteiger partial charge in [0.2, 0.25) is 0 Å². The molecule has 0 amide bonds. The molecule has 0 saturated heterocycles. The molecule has 0 N–H and O–H groups in total. The molecule has 0 spiro atoms. The quantitative estimate of drug-likeness (QED) is 0.518. The van der Waals surface area contributed by atoms with Crippen molar-refractivity contribution >= 4 is 16.7 Å². The number of benzene rings is 2. The van der Waals surface area contributed by atoms with Gasteiger partial charge in [0.05, 0.1) is 12.7 Å². The zero-order valence-electron chi connectivity index (χ0n) is 17.5. The molecule has 2 heteroatoms. The lowest BCUT2D eigenvalue weighted by Gasteiger charge is -2.42. The zero-order valence-corrected chi connectivity index (χ0v) is 17.5. The van der Waals surface area contributed by atoms with E-state index in [0.717, 1.165) is 23.1 Å². The minimum Gasteiger partial charge on any atom is -0.465 e. The average molecular weight is 379 g/mol. The van der Waals surface area contributed by atoms with Gasteiger partial charge < -0.3 is 4.74 Å². The van der Waals surface area contributed by atoms with Gasteiger partial charge in [-0.3, -0.25) is 0 Å². The fraction of sp³-hybridized carbons (Fsp3) is 0.577. The number of hydrogen-bond donors (Lipinski definition) is 0. The predicted molar refractivity (Wildman–Crippen MR) is 116 cm³/mol. The lowest BCUT2D eigenvalue weighted by Crippen LogP contribution is -2.30. The Kier molecular flexibility index (Phi) is 6.04. The second-order valence-corrected chi connectivity index (χ2v) is 9.16. The molecule has 0 radical (unpaired) electrons. The highest BCUT2D eigenvalue weighted by molar-refractivity contribution is 5.95. The molecule has 0 bridgehead atoms. The van der Waals surface area contributed by atoms with Crippen LogP contribution in [0.2, 0.25) is 0 Å². The van der Waals surface area contributed by atoms with Crippen LogP contribution < -0.4 is 0 Å². The van der Waals surface area contributed by atoms with E-state index in [0.29, 0.717) is 11.5 Å². The van der Waals surface area contributed by atoms with Gasteiger partial charge >= 0.3 is 5.97 Å². The van der Waals surface area contributed by atoms with E-state index in [4.69, 9.17) is 4.74 Å². The van der Waals surface area contributed by atoms with E-state index in [-0.39, 0.29) is 5.97 Å². The number of hydrogen-bond acceptors (Lipinski definition) is 2. The average Bonchev–Trinajstić information content (AvgIpc) is 2.75. The van der Waals surface area contributed by atoms with E-state index < -0.39 is 0 Å². The number of ether oxygens (including phenoxy) is 1. The summed E-state index contributed by atoms with van der Waals surface area (Å²) in [6.45, 7) is 2.32. The molecule has 4 atom stereocenters. The van der Waals surface area contributed by atoms with Crippen LogP contribution in [0.1, 0.15) is 86.6 Å². The summed E-state index contributed by atoms with van der Waals surface area (Å²) >= 11 is 0. The highest BCUT2D eigenvalue weighted by Crippen LogP contribution is 2.48. The van der Waals surface area contributed by atoms with Gasteiger partial charge in [0.1, 0.15) is 0 Å². The van der Waals surface area contributed by atoms with Crippen molar-refractivity contribution in [1.29, 1.82) is 0 Å². The van der Waals surface area contributed by atoms with Crippen molar-refractivity contribution in [3.8, 4) is 0 Å². The Morgan fingerprint density at radius 2 is 1.71 bits per heavy atom. The van der Waals surface area contributed by atoms with E-state index in [2.05, 4.69) is 31.2 Å². The van der Waals surface area contributed by atoms with Crippen molar-refractivity contribution in [2.45, 2.75) is 70.6 Å². The zero-order chi connectivity index (χ0) is 19.5. The van der Waals surface area contributed by atoms with Crippen LogP contribution in [0.15, 0.2) is 36.4 Å². The fourth-order valence-corrected chi connectivity index (χ4v) is 5.81. The molecule has 2 nitrogen and oxygen atoms in total. The normalized spacial score (nSPS) is 27.4. The van der Waals surface area contributed by atoms with Crippen LogP contribution in [0.4, 0.5) is 0 Å². The molecule has 2 aliphatic carbocycles. The SMILES string of the molecule is CCCCC1CC[C@@H]2CC(c3ccc4cc(C(=O)OC)ccc4c3)CC[C@H]2C1. The topological polar surface area (TPSA) is 26.3 Å². The first-order valence-electron chi connectivity index (χ1n) is 11.3. The van der Waals surface area contributed by atoms with E-state index in [1.54, 1.807) is 0 Å². The van der Waals surface area contributed by atoms with E-state index in [1.807, 2.05) is 12.1 Å². The first kappa shape index (κ1) is 19.5. The van der Waals surface area contributed by atoms with Crippen LogP contribution in [-0.4, -0.2) is 13.1 Å².